The first-order chi connectivity index (χ1) is 15.4. The van der Waals surface area contributed by atoms with Crippen molar-refractivity contribution in [2.45, 2.75) is 19.4 Å². The number of nitrogens with one attached hydrogen (secondary N) is 3. The van der Waals surface area contributed by atoms with Crippen LogP contribution in [0.3, 0.4) is 0 Å². The van der Waals surface area contributed by atoms with E-state index in [9.17, 15) is 14.4 Å². The Morgan fingerprint density at radius 3 is 2.75 bits per heavy atom. The maximum atomic E-state index is 12.5. The summed E-state index contributed by atoms with van der Waals surface area (Å²) in [7, 11) is 0. The van der Waals surface area contributed by atoms with Crippen molar-refractivity contribution in [2.75, 3.05) is 11.9 Å². The molecule has 0 spiro atoms. The summed E-state index contributed by atoms with van der Waals surface area (Å²) >= 11 is 0. The minimum absolute atomic E-state index is 0.0770. The second-order valence-electron chi connectivity index (χ2n) is 7.18. The Labute approximate surface area is 183 Å². The van der Waals surface area contributed by atoms with Gasteiger partial charge in [-0.1, -0.05) is 18.2 Å². The fourth-order valence-electron chi connectivity index (χ4n) is 3.35. The number of esters is 1. The molecule has 0 radical (unpaired) electrons. The molecular formula is C22H21N5O5. The highest BCUT2D eigenvalue weighted by atomic mass is 16.5. The Balaban J connectivity index is 1.43. The number of aromatic amines is 1. The van der Waals surface area contributed by atoms with Crippen LogP contribution in [0.4, 0.5) is 10.6 Å². The van der Waals surface area contributed by atoms with E-state index in [4.69, 9.17) is 15.2 Å². The van der Waals surface area contributed by atoms with Gasteiger partial charge in [0.05, 0.1) is 6.61 Å². The van der Waals surface area contributed by atoms with E-state index >= 15 is 0 Å². The Hall–Kier alpha value is -4.18. The van der Waals surface area contributed by atoms with Crippen molar-refractivity contribution in [2.24, 2.45) is 5.73 Å². The monoisotopic (exact) mass is 435 g/mol. The van der Waals surface area contributed by atoms with Crippen LogP contribution < -0.4 is 21.1 Å². The molecule has 0 saturated heterocycles. The van der Waals surface area contributed by atoms with Crippen molar-refractivity contribution in [3.8, 4) is 5.75 Å². The number of amides is 3. The zero-order chi connectivity index (χ0) is 22.7. The molecule has 0 saturated carbocycles. The molecule has 1 atom stereocenters. The number of carbonyl (C=O) groups excluding carboxylic acids is 3. The molecule has 1 aliphatic heterocycles. The first kappa shape index (κ1) is 21.1. The lowest BCUT2D eigenvalue weighted by molar-refractivity contribution is -0.131. The molecular weight excluding hydrogens is 414 g/mol. The van der Waals surface area contributed by atoms with Gasteiger partial charge in [-0.2, -0.15) is 0 Å². The molecule has 4 rings (SSSR count). The highest BCUT2D eigenvalue weighted by Crippen LogP contribution is 2.23. The summed E-state index contributed by atoms with van der Waals surface area (Å²) in [4.78, 5) is 42.4. The number of imidazole rings is 1. The molecule has 0 bridgehead atoms. The van der Waals surface area contributed by atoms with Crippen molar-refractivity contribution in [1.29, 1.82) is 0 Å². The lowest BCUT2D eigenvalue weighted by Gasteiger charge is -2.15. The average molecular weight is 435 g/mol. The second-order valence-corrected chi connectivity index (χ2v) is 7.18. The first-order valence-corrected chi connectivity index (χ1v) is 9.83. The fraction of sp³-hybridized carbons (Fsp3) is 0.182. The number of hydrogen-bond acceptors (Lipinski definition) is 6. The molecule has 1 aliphatic carbocycles. The van der Waals surface area contributed by atoms with Crippen LogP contribution in [0.1, 0.15) is 28.8 Å². The summed E-state index contributed by atoms with van der Waals surface area (Å²) in [5, 5.41) is 5.30. The van der Waals surface area contributed by atoms with Gasteiger partial charge < -0.3 is 25.5 Å². The van der Waals surface area contributed by atoms with E-state index in [1.54, 1.807) is 30.3 Å². The summed E-state index contributed by atoms with van der Waals surface area (Å²) < 4.78 is 10.5. The fourth-order valence-corrected chi connectivity index (χ4v) is 3.35. The van der Waals surface area contributed by atoms with E-state index in [1.165, 1.54) is 6.92 Å². The van der Waals surface area contributed by atoms with Gasteiger partial charge in [-0.3, -0.25) is 14.9 Å². The number of aromatic nitrogens is 2. The van der Waals surface area contributed by atoms with Gasteiger partial charge in [0.1, 0.15) is 23.5 Å². The second kappa shape index (κ2) is 8.90. The Kier molecular flexibility index (Phi) is 5.86. The maximum Gasteiger partial charge on any atom is 0.324 e. The third-order valence-corrected chi connectivity index (χ3v) is 4.74. The number of primary amides is 1. The molecule has 10 nitrogen and oxygen atoms in total. The minimum atomic E-state index is -0.777. The SMILES string of the molecule is CC(=O)Oc1ccc(Cc2nc(C(N)=O)c(NC(=O)NC3=CC4=CCOC4C=C3)[nH]2)cc1. The molecule has 5 N–H and O–H groups in total. The maximum absolute atomic E-state index is 12.5. The normalized spacial score (nSPS) is 16.6. The highest BCUT2D eigenvalue weighted by Gasteiger charge is 2.21. The molecule has 2 aliphatic rings. The Bertz CT molecular complexity index is 1160. The van der Waals surface area contributed by atoms with Crippen LogP contribution in [0, 0.1) is 0 Å². The van der Waals surface area contributed by atoms with Crippen LogP contribution in [0.25, 0.3) is 0 Å². The van der Waals surface area contributed by atoms with Crippen LogP contribution in [0.15, 0.2) is 59.8 Å². The molecule has 164 valence electrons. The van der Waals surface area contributed by atoms with Gasteiger partial charge in [0, 0.05) is 19.0 Å². The largest absolute Gasteiger partial charge is 0.427 e. The van der Waals surface area contributed by atoms with E-state index in [2.05, 4.69) is 20.6 Å². The summed E-state index contributed by atoms with van der Waals surface area (Å²) in [6, 6.07) is 6.29. The van der Waals surface area contributed by atoms with Gasteiger partial charge in [0.15, 0.2) is 5.69 Å². The van der Waals surface area contributed by atoms with Crippen molar-refractivity contribution >= 4 is 23.7 Å². The first-order valence-electron chi connectivity index (χ1n) is 9.83. The van der Waals surface area contributed by atoms with Crippen LogP contribution in [0.2, 0.25) is 0 Å². The lowest BCUT2D eigenvalue weighted by atomic mass is 10.0. The molecule has 0 fully saturated rings. The van der Waals surface area contributed by atoms with Crippen molar-refractivity contribution in [3.05, 3.63) is 76.9 Å². The predicted molar refractivity (Wildman–Crippen MR) is 115 cm³/mol. The van der Waals surface area contributed by atoms with Crippen molar-refractivity contribution in [3.63, 3.8) is 0 Å². The number of allylic oxidation sites excluding steroid dienone is 1. The standard InChI is InChI=1S/C22H21N5O5/c1-12(28)32-16-5-2-13(3-6-16)10-18-25-19(20(23)29)21(26-18)27-22(30)24-15-4-7-17-14(11-15)8-9-31-17/h2-8,11,17H,9-10H2,1H3,(H2,23,29)(H,25,26)(H2,24,27,30). The average Bonchev–Trinajstić information content (AvgIpc) is 3.35. The Morgan fingerprint density at radius 1 is 1.25 bits per heavy atom. The third-order valence-electron chi connectivity index (χ3n) is 4.74. The third kappa shape index (κ3) is 4.93. The number of rotatable bonds is 6. The van der Waals surface area contributed by atoms with E-state index in [0.717, 1.165) is 11.1 Å². The number of anilines is 1. The van der Waals surface area contributed by atoms with Gasteiger partial charge in [-0.25, -0.2) is 9.78 Å². The number of H-pyrrole nitrogens is 1. The lowest BCUT2D eigenvalue weighted by Crippen LogP contribution is -2.30. The quantitative estimate of drug-likeness (QED) is 0.402. The predicted octanol–water partition coefficient (Wildman–Crippen LogP) is 1.93. The number of hydrogen-bond donors (Lipinski definition) is 4. The van der Waals surface area contributed by atoms with Gasteiger partial charge in [-0.15, -0.1) is 0 Å². The van der Waals surface area contributed by atoms with E-state index in [1.807, 2.05) is 18.2 Å². The number of urea groups is 1. The van der Waals surface area contributed by atoms with E-state index < -0.39 is 17.9 Å². The van der Waals surface area contributed by atoms with Crippen LogP contribution in [-0.4, -0.2) is 40.6 Å². The zero-order valence-corrected chi connectivity index (χ0v) is 17.2. The van der Waals surface area contributed by atoms with Gasteiger partial charge in [-0.05, 0) is 41.5 Å². The summed E-state index contributed by atoms with van der Waals surface area (Å²) in [5.74, 6) is -0.224. The Morgan fingerprint density at radius 2 is 2.03 bits per heavy atom. The number of nitrogens with zero attached hydrogens (tertiary/aromatic N) is 1. The van der Waals surface area contributed by atoms with Crippen LogP contribution in [-0.2, 0) is 16.0 Å². The number of nitrogens with two attached hydrogens (primary N) is 1. The number of carbonyl (C=O) groups is 3. The van der Waals surface area contributed by atoms with Gasteiger partial charge in [0.2, 0.25) is 0 Å². The smallest absolute Gasteiger partial charge is 0.324 e. The van der Waals surface area contributed by atoms with E-state index in [-0.39, 0.29) is 17.6 Å². The summed E-state index contributed by atoms with van der Waals surface area (Å²) in [5.41, 5.74) is 7.75. The number of benzene rings is 1. The van der Waals surface area contributed by atoms with Gasteiger partial charge >= 0.3 is 12.0 Å². The van der Waals surface area contributed by atoms with Crippen molar-refractivity contribution < 1.29 is 23.9 Å². The molecule has 1 aromatic carbocycles. The number of ether oxygens (including phenoxy) is 2. The molecule has 1 unspecified atom stereocenters. The molecule has 2 heterocycles. The molecule has 2 aromatic rings. The minimum Gasteiger partial charge on any atom is -0.427 e. The highest BCUT2D eigenvalue weighted by molar-refractivity contribution is 6.00. The van der Waals surface area contributed by atoms with Crippen LogP contribution >= 0.6 is 0 Å². The topological polar surface area (TPSA) is 148 Å². The van der Waals surface area contributed by atoms with Crippen LogP contribution in [0.5, 0.6) is 5.75 Å². The van der Waals surface area contributed by atoms with Crippen molar-refractivity contribution in [1.82, 2.24) is 15.3 Å². The van der Waals surface area contributed by atoms with Gasteiger partial charge in [0.25, 0.3) is 5.91 Å². The summed E-state index contributed by atoms with van der Waals surface area (Å²) in [6.45, 7) is 1.86. The zero-order valence-electron chi connectivity index (χ0n) is 17.2. The molecule has 1 aromatic heterocycles. The molecule has 3 amide bonds. The van der Waals surface area contributed by atoms with E-state index in [0.29, 0.717) is 30.3 Å². The molecule has 10 heteroatoms. The summed E-state index contributed by atoms with van der Waals surface area (Å²) in [6.07, 6.45) is 7.63. The number of fused-ring (bicyclic) bond motifs is 1. The molecule has 32 heavy (non-hydrogen) atoms.